The number of benzene rings is 1. The molecular formula is C16H24N2O4S. The van der Waals surface area contributed by atoms with E-state index in [1.54, 1.807) is 24.3 Å². The molecule has 0 aliphatic carbocycles. The summed E-state index contributed by atoms with van der Waals surface area (Å²) in [6.45, 7) is 5.88. The molecule has 1 amide bonds. The Morgan fingerprint density at radius 3 is 2.43 bits per heavy atom. The zero-order valence-electron chi connectivity index (χ0n) is 13.6. The van der Waals surface area contributed by atoms with Gasteiger partial charge < -0.3 is 10.1 Å². The number of sulfonamides is 1. The molecule has 0 aromatic heterocycles. The van der Waals surface area contributed by atoms with Gasteiger partial charge in [-0.25, -0.2) is 8.42 Å². The Labute approximate surface area is 137 Å². The number of nitrogens with one attached hydrogen (secondary N) is 1. The van der Waals surface area contributed by atoms with Crippen molar-refractivity contribution in [3.05, 3.63) is 29.8 Å². The molecule has 1 aromatic rings. The second-order valence-corrected chi connectivity index (χ2v) is 7.63. The average molecular weight is 340 g/mol. The van der Waals surface area contributed by atoms with Crippen LogP contribution in [0.5, 0.6) is 0 Å². The van der Waals surface area contributed by atoms with Gasteiger partial charge in [0.25, 0.3) is 0 Å². The molecule has 23 heavy (non-hydrogen) atoms. The fourth-order valence-corrected chi connectivity index (χ4v) is 3.67. The summed E-state index contributed by atoms with van der Waals surface area (Å²) in [5.41, 5.74) is 0.877. The van der Waals surface area contributed by atoms with Crippen molar-refractivity contribution in [1.82, 2.24) is 9.62 Å². The Bertz CT molecular complexity index is 622. The summed E-state index contributed by atoms with van der Waals surface area (Å²) in [7, 11) is -3.46. The fraction of sp³-hybridized carbons (Fsp3) is 0.562. The van der Waals surface area contributed by atoms with Crippen LogP contribution in [0.2, 0.25) is 0 Å². The number of amides is 1. The Balaban J connectivity index is 2.00. The summed E-state index contributed by atoms with van der Waals surface area (Å²) in [5.74, 6) is -0.00603. The average Bonchev–Trinajstić information content (AvgIpc) is 2.60. The summed E-state index contributed by atoms with van der Waals surface area (Å²) in [6.07, 6.45) is 0.794. The highest BCUT2D eigenvalue weighted by atomic mass is 32.2. The predicted molar refractivity (Wildman–Crippen MR) is 87.3 cm³/mol. The number of hydrogen-bond donors (Lipinski definition) is 1. The van der Waals surface area contributed by atoms with Gasteiger partial charge in [-0.3, -0.25) is 4.79 Å². The highest BCUT2D eigenvalue weighted by Gasteiger charge is 2.26. The van der Waals surface area contributed by atoms with Gasteiger partial charge in [0.1, 0.15) is 0 Å². The molecule has 7 heteroatoms. The molecular weight excluding hydrogens is 316 g/mol. The highest BCUT2D eigenvalue weighted by Crippen LogP contribution is 2.17. The lowest BCUT2D eigenvalue weighted by Gasteiger charge is -2.26. The minimum atomic E-state index is -3.46. The van der Waals surface area contributed by atoms with E-state index in [1.807, 2.05) is 13.8 Å². The second kappa shape index (κ2) is 7.90. The van der Waals surface area contributed by atoms with Crippen LogP contribution in [-0.4, -0.2) is 44.9 Å². The lowest BCUT2D eigenvalue weighted by atomic mass is 10.1. The van der Waals surface area contributed by atoms with E-state index in [-0.39, 0.29) is 16.7 Å². The van der Waals surface area contributed by atoms with Gasteiger partial charge in [-0.15, -0.1) is 0 Å². The first-order valence-corrected chi connectivity index (χ1v) is 9.33. The van der Waals surface area contributed by atoms with Crippen LogP contribution in [0.3, 0.4) is 0 Å². The smallest absolute Gasteiger partial charge is 0.243 e. The molecule has 1 atom stereocenters. The number of ether oxygens (including phenoxy) is 1. The third kappa shape index (κ3) is 4.53. The van der Waals surface area contributed by atoms with Crippen LogP contribution < -0.4 is 5.32 Å². The molecule has 1 saturated heterocycles. The number of carbonyl (C=O) groups is 1. The van der Waals surface area contributed by atoms with Crippen LogP contribution in [0.15, 0.2) is 29.2 Å². The third-order valence-electron chi connectivity index (χ3n) is 4.06. The Morgan fingerprint density at radius 2 is 1.87 bits per heavy atom. The van der Waals surface area contributed by atoms with E-state index in [4.69, 9.17) is 4.74 Å². The van der Waals surface area contributed by atoms with Crippen LogP contribution >= 0.6 is 0 Å². The monoisotopic (exact) mass is 340 g/mol. The molecule has 0 bridgehead atoms. The Kier molecular flexibility index (Phi) is 6.15. The molecule has 0 radical (unpaired) electrons. The molecule has 1 fully saturated rings. The SMILES string of the molecule is CC[C@@H](C)C(=O)NCc1ccc(S(=O)(=O)N2CCOCC2)cc1. The summed E-state index contributed by atoms with van der Waals surface area (Å²) in [4.78, 5) is 12.0. The van der Waals surface area contributed by atoms with Crippen molar-refractivity contribution in [2.24, 2.45) is 5.92 Å². The van der Waals surface area contributed by atoms with Crippen LogP contribution in [0.25, 0.3) is 0 Å². The van der Waals surface area contributed by atoms with Crippen molar-refractivity contribution in [2.75, 3.05) is 26.3 Å². The Hall–Kier alpha value is -1.44. The minimum Gasteiger partial charge on any atom is -0.379 e. The second-order valence-electron chi connectivity index (χ2n) is 5.69. The van der Waals surface area contributed by atoms with Gasteiger partial charge in [-0.2, -0.15) is 4.31 Å². The van der Waals surface area contributed by atoms with E-state index in [0.29, 0.717) is 32.8 Å². The molecule has 1 aliphatic rings. The van der Waals surface area contributed by atoms with Gasteiger partial charge in [0.05, 0.1) is 18.1 Å². The quantitative estimate of drug-likeness (QED) is 0.849. The maximum absolute atomic E-state index is 12.5. The minimum absolute atomic E-state index is 0.0116. The van der Waals surface area contributed by atoms with Crippen molar-refractivity contribution < 1.29 is 17.9 Å². The van der Waals surface area contributed by atoms with E-state index >= 15 is 0 Å². The van der Waals surface area contributed by atoms with E-state index in [2.05, 4.69) is 5.32 Å². The lowest BCUT2D eigenvalue weighted by Crippen LogP contribution is -2.40. The van der Waals surface area contributed by atoms with Crippen LogP contribution in [0.1, 0.15) is 25.8 Å². The van der Waals surface area contributed by atoms with E-state index < -0.39 is 10.0 Å². The van der Waals surface area contributed by atoms with Crippen LogP contribution in [0, 0.1) is 5.92 Å². The molecule has 1 N–H and O–H groups in total. The van der Waals surface area contributed by atoms with E-state index in [9.17, 15) is 13.2 Å². The van der Waals surface area contributed by atoms with E-state index in [1.165, 1.54) is 4.31 Å². The number of hydrogen-bond acceptors (Lipinski definition) is 4. The molecule has 1 aromatic carbocycles. The highest BCUT2D eigenvalue weighted by molar-refractivity contribution is 7.89. The van der Waals surface area contributed by atoms with Crippen LogP contribution in [-0.2, 0) is 26.1 Å². The first-order chi connectivity index (χ1) is 10.9. The molecule has 0 spiro atoms. The number of morpholine rings is 1. The summed E-state index contributed by atoms with van der Waals surface area (Å²) < 4.78 is 31.6. The van der Waals surface area contributed by atoms with Gasteiger partial charge in [0.2, 0.25) is 15.9 Å². The molecule has 1 aliphatic heterocycles. The molecule has 6 nitrogen and oxygen atoms in total. The van der Waals surface area contributed by atoms with Gasteiger partial charge >= 0.3 is 0 Å². The predicted octanol–water partition coefficient (Wildman–Crippen LogP) is 1.37. The number of nitrogens with zero attached hydrogens (tertiary/aromatic N) is 1. The van der Waals surface area contributed by atoms with Gasteiger partial charge in [-0.05, 0) is 24.1 Å². The maximum atomic E-state index is 12.5. The van der Waals surface area contributed by atoms with Crippen molar-refractivity contribution in [3.8, 4) is 0 Å². The first-order valence-electron chi connectivity index (χ1n) is 7.89. The fourth-order valence-electron chi connectivity index (χ4n) is 2.26. The summed E-state index contributed by atoms with van der Waals surface area (Å²) >= 11 is 0. The molecule has 0 unspecified atom stereocenters. The largest absolute Gasteiger partial charge is 0.379 e. The maximum Gasteiger partial charge on any atom is 0.243 e. The first kappa shape index (κ1) is 17.9. The zero-order chi connectivity index (χ0) is 16.9. The van der Waals surface area contributed by atoms with Crippen molar-refractivity contribution in [1.29, 1.82) is 0 Å². The van der Waals surface area contributed by atoms with E-state index in [0.717, 1.165) is 12.0 Å². The van der Waals surface area contributed by atoms with Crippen molar-refractivity contribution in [3.63, 3.8) is 0 Å². The van der Waals surface area contributed by atoms with Crippen molar-refractivity contribution >= 4 is 15.9 Å². The summed E-state index contributed by atoms with van der Waals surface area (Å²) in [5, 5.41) is 2.86. The Morgan fingerprint density at radius 1 is 1.26 bits per heavy atom. The molecule has 128 valence electrons. The lowest BCUT2D eigenvalue weighted by molar-refractivity contribution is -0.124. The van der Waals surface area contributed by atoms with Gasteiger partial charge in [-0.1, -0.05) is 26.0 Å². The molecule has 2 rings (SSSR count). The van der Waals surface area contributed by atoms with Crippen LogP contribution in [0.4, 0.5) is 0 Å². The van der Waals surface area contributed by atoms with Gasteiger partial charge in [0.15, 0.2) is 0 Å². The molecule has 1 heterocycles. The molecule has 0 saturated carbocycles. The topological polar surface area (TPSA) is 75.7 Å². The summed E-state index contributed by atoms with van der Waals surface area (Å²) in [6, 6.07) is 6.67. The van der Waals surface area contributed by atoms with Crippen molar-refractivity contribution in [2.45, 2.75) is 31.7 Å². The standard InChI is InChI=1S/C16H24N2O4S/c1-3-13(2)16(19)17-12-14-4-6-15(7-5-14)23(20,21)18-8-10-22-11-9-18/h4-7,13H,3,8-12H2,1-2H3,(H,17,19)/t13-/m1/s1. The zero-order valence-corrected chi connectivity index (χ0v) is 14.4. The third-order valence-corrected chi connectivity index (χ3v) is 5.97. The normalized spacial score (nSPS) is 17.7. The number of carbonyl (C=O) groups excluding carboxylic acids is 1. The van der Waals surface area contributed by atoms with Gasteiger partial charge in [0, 0.05) is 25.6 Å². The number of rotatable bonds is 6.